The van der Waals surface area contributed by atoms with Crippen molar-refractivity contribution in [3.8, 4) is 11.6 Å². The number of aliphatic hydroxyl groups excluding tert-OH is 1. The third kappa shape index (κ3) is 8.08. The van der Waals surface area contributed by atoms with Crippen LogP contribution in [0.1, 0.15) is 24.0 Å². The highest BCUT2D eigenvalue weighted by molar-refractivity contribution is 14.0. The van der Waals surface area contributed by atoms with E-state index in [0.29, 0.717) is 30.7 Å². The largest absolute Gasteiger partial charge is 0.439 e. The highest BCUT2D eigenvalue weighted by atomic mass is 127. The van der Waals surface area contributed by atoms with Crippen molar-refractivity contribution in [1.29, 1.82) is 0 Å². The van der Waals surface area contributed by atoms with Crippen LogP contribution in [0.15, 0.2) is 77.9 Å². The van der Waals surface area contributed by atoms with Crippen molar-refractivity contribution in [2.45, 2.75) is 19.4 Å². The van der Waals surface area contributed by atoms with E-state index in [0.717, 1.165) is 17.7 Å². The predicted molar refractivity (Wildman–Crippen MR) is 135 cm³/mol. The molecule has 0 saturated carbocycles. The van der Waals surface area contributed by atoms with E-state index in [1.54, 1.807) is 24.4 Å². The zero-order valence-corrected chi connectivity index (χ0v) is 20.2. The molecule has 2 aromatic carbocycles. The summed E-state index contributed by atoms with van der Waals surface area (Å²) in [4.78, 5) is 8.86. The SMILES string of the molecule is CCNC(=NCc1ccc(Oc2cccc(F)c2)nc1)NCC(CO)c1ccccc1.I. The van der Waals surface area contributed by atoms with E-state index in [2.05, 4.69) is 20.6 Å². The minimum absolute atomic E-state index is 0. The number of benzene rings is 2. The molecule has 3 N–H and O–H groups in total. The number of nitrogens with one attached hydrogen (secondary N) is 2. The van der Waals surface area contributed by atoms with Gasteiger partial charge in [0.2, 0.25) is 5.88 Å². The zero-order chi connectivity index (χ0) is 21.9. The molecule has 0 aliphatic carbocycles. The molecule has 3 aromatic rings. The molecular formula is C24H28FIN4O2. The van der Waals surface area contributed by atoms with Gasteiger partial charge >= 0.3 is 0 Å². The lowest BCUT2D eigenvalue weighted by molar-refractivity contribution is 0.265. The van der Waals surface area contributed by atoms with Crippen molar-refractivity contribution in [3.05, 3.63) is 89.9 Å². The fourth-order valence-electron chi connectivity index (χ4n) is 2.96. The molecule has 1 unspecified atom stereocenters. The van der Waals surface area contributed by atoms with Crippen molar-refractivity contribution in [3.63, 3.8) is 0 Å². The van der Waals surface area contributed by atoms with Crippen LogP contribution in [0, 0.1) is 5.82 Å². The third-order valence-corrected chi connectivity index (χ3v) is 4.59. The fraction of sp³-hybridized carbons (Fsp3) is 0.250. The number of aromatic nitrogens is 1. The summed E-state index contributed by atoms with van der Waals surface area (Å²) < 4.78 is 18.8. The Labute approximate surface area is 205 Å². The monoisotopic (exact) mass is 550 g/mol. The van der Waals surface area contributed by atoms with Gasteiger partial charge in [-0.15, -0.1) is 24.0 Å². The second-order valence-electron chi connectivity index (χ2n) is 6.93. The highest BCUT2D eigenvalue weighted by Crippen LogP contribution is 2.20. The first kappa shape index (κ1) is 25.5. The van der Waals surface area contributed by atoms with E-state index >= 15 is 0 Å². The summed E-state index contributed by atoms with van der Waals surface area (Å²) in [6, 6.07) is 19.4. The molecule has 8 heteroatoms. The van der Waals surface area contributed by atoms with Crippen LogP contribution in [0.5, 0.6) is 11.6 Å². The molecule has 6 nitrogen and oxygen atoms in total. The average molecular weight is 550 g/mol. The number of hydrogen-bond acceptors (Lipinski definition) is 4. The molecule has 0 bridgehead atoms. The van der Waals surface area contributed by atoms with Gasteiger partial charge in [0.25, 0.3) is 0 Å². The number of nitrogens with zero attached hydrogens (tertiary/aromatic N) is 2. The fourth-order valence-corrected chi connectivity index (χ4v) is 2.96. The van der Waals surface area contributed by atoms with Crippen LogP contribution in [0.25, 0.3) is 0 Å². The highest BCUT2D eigenvalue weighted by Gasteiger charge is 2.11. The van der Waals surface area contributed by atoms with Gasteiger partial charge in [-0.1, -0.05) is 42.5 Å². The molecule has 32 heavy (non-hydrogen) atoms. The van der Waals surface area contributed by atoms with Crippen LogP contribution in [0.2, 0.25) is 0 Å². The Morgan fingerprint density at radius 1 is 1.09 bits per heavy atom. The van der Waals surface area contributed by atoms with E-state index in [1.165, 1.54) is 12.1 Å². The normalized spacial score (nSPS) is 11.9. The van der Waals surface area contributed by atoms with Crippen LogP contribution in [0.4, 0.5) is 4.39 Å². The summed E-state index contributed by atoms with van der Waals surface area (Å²) in [7, 11) is 0. The van der Waals surface area contributed by atoms with Crippen molar-refractivity contribution in [2.75, 3.05) is 19.7 Å². The molecule has 0 aliphatic rings. The average Bonchev–Trinajstić information content (AvgIpc) is 2.79. The van der Waals surface area contributed by atoms with Crippen molar-refractivity contribution in [2.24, 2.45) is 4.99 Å². The molecule has 3 rings (SSSR count). The van der Waals surface area contributed by atoms with E-state index in [9.17, 15) is 9.50 Å². The summed E-state index contributed by atoms with van der Waals surface area (Å²) in [6.07, 6.45) is 1.68. The molecule has 1 atom stereocenters. The lowest BCUT2D eigenvalue weighted by atomic mass is 10.0. The van der Waals surface area contributed by atoms with Gasteiger partial charge in [-0.25, -0.2) is 14.4 Å². The molecule has 0 amide bonds. The van der Waals surface area contributed by atoms with Gasteiger partial charge in [0.15, 0.2) is 5.96 Å². The van der Waals surface area contributed by atoms with Crippen LogP contribution in [-0.4, -0.2) is 35.7 Å². The van der Waals surface area contributed by atoms with Crippen LogP contribution in [0.3, 0.4) is 0 Å². The zero-order valence-electron chi connectivity index (χ0n) is 17.9. The van der Waals surface area contributed by atoms with Gasteiger partial charge in [0.05, 0.1) is 13.2 Å². The number of aliphatic hydroxyl groups is 1. The Bertz CT molecular complexity index is 971. The molecule has 170 valence electrons. The quantitative estimate of drug-likeness (QED) is 0.208. The number of guanidine groups is 1. The first-order valence-electron chi connectivity index (χ1n) is 10.2. The molecule has 1 aromatic heterocycles. The first-order chi connectivity index (χ1) is 15.2. The number of aliphatic imine (C=N–C) groups is 1. The van der Waals surface area contributed by atoms with Crippen LogP contribution < -0.4 is 15.4 Å². The smallest absolute Gasteiger partial charge is 0.219 e. The molecule has 0 saturated heterocycles. The van der Waals surface area contributed by atoms with Crippen LogP contribution in [-0.2, 0) is 6.54 Å². The van der Waals surface area contributed by atoms with E-state index in [1.807, 2.05) is 43.3 Å². The summed E-state index contributed by atoms with van der Waals surface area (Å²) in [5.74, 6) is 1.07. The van der Waals surface area contributed by atoms with Gasteiger partial charge in [0.1, 0.15) is 11.6 Å². The minimum Gasteiger partial charge on any atom is -0.439 e. The molecule has 1 heterocycles. The Hall–Kier alpha value is -2.72. The Morgan fingerprint density at radius 2 is 1.91 bits per heavy atom. The second-order valence-corrected chi connectivity index (χ2v) is 6.93. The van der Waals surface area contributed by atoms with Crippen molar-refractivity contribution in [1.82, 2.24) is 15.6 Å². The molecular weight excluding hydrogens is 522 g/mol. The Morgan fingerprint density at radius 3 is 2.56 bits per heavy atom. The van der Waals surface area contributed by atoms with Gasteiger partial charge in [-0.3, -0.25) is 0 Å². The van der Waals surface area contributed by atoms with Crippen LogP contribution >= 0.6 is 24.0 Å². The first-order valence-corrected chi connectivity index (χ1v) is 10.2. The molecule has 0 radical (unpaired) electrons. The van der Waals surface area contributed by atoms with E-state index in [-0.39, 0.29) is 42.3 Å². The molecule has 0 aliphatic heterocycles. The standard InChI is InChI=1S/C24H27FN4O2.HI/c1-2-26-24(29-16-20(17-30)19-7-4-3-5-8-19)28-15-18-11-12-23(27-14-18)31-22-10-6-9-21(25)13-22;/h3-14,20,30H,2,15-17H2,1H3,(H2,26,28,29);1H. The van der Waals surface area contributed by atoms with E-state index in [4.69, 9.17) is 4.74 Å². The van der Waals surface area contributed by atoms with Gasteiger partial charge in [0, 0.05) is 37.3 Å². The summed E-state index contributed by atoms with van der Waals surface area (Å²) >= 11 is 0. The third-order valence-electron chi connectivity index (χ3n) is 4.59. The van der Waals surface area contributed by atoms with Gasteiger partial charge in [-0.05, 0) is 30.2 Å². The van der Waals surface area contributed by atoms with E-state index < -0.39 is 0 Å². The van der Waals surface area contributed by atoms with Gasteiger partial charge < -0.3 is 20.5 Å². The maximum absolute atomic E-state index is 13.3. The minimum atomic E-state index is -0.359. The lowest BCUT2D eigenvalue weighted by Crippen LogP contribution is -2.39. The Balaban J connectivity index is 0.00000363. The number of pyridine rings is 1. The predicted octanol–water partition coefficient (Wildman–Crippen LogP) is 4.46. The topological polar surface area (TPSA) is 78.8 Å². The number of ether oxygens (including phenoxy) is 1. The summed E-state index contributed by atoms with van der Waals surface area (Å²) in [6.45, 7) is 3.76. The van der Waals surface area contributed by atoms with Crippen molar-refractivity contribution >= 4 is 29.9 Å². The second kappa shape index (κ2) is 13.6. The lowest BCUT2D eigenvalue weighted by Gasteiger charge is -2.18. The molecule has 0 fully saturated rings. The Kier molecular flexibility index (Phi) is 10.9. The maximum atomic E-state index is 13.3. The summed E-state index contributed by atoms with van der Waals surface area (Å²) in [5, 5.41) is 16.2. The number of rotatable bonds is 9. The maximum Gasteiger partial charge on any atom is 0.219 e. The number of hydrogen-bond donors (Lipinski definition) is 3. The molecule has 0 spiro atoms. The van der Waals surface area contributed by atoms with Crippen molar-refractivity contribution < 1.29 is 14.2 Å². The summed E-state index contributed by atoms with van der Waals surface area (Å²) in [5.41, 5.74) is 1.98. The van der Waals surface area contributed by atoms with Gasteiger partial charge in [-0.2, -0.15) is 0 Å². The number of halogens is 2.